The summed E-state index contributed by atoms with van der Waals surface area (Å²) in [5, 5.41) is 0. The van der Waals surface area contributed by atoms with E-state index in [-0.39, 0.29) is 12.0 Å². The van der Waals surface area contributed by atoms with Crippen molar-refractivity contribution < 1.29 is 50.0 Å². The highest BCUT2D eigenvalue weighted by Crippen LogP contribution is 2.60. The molecule has 1 heterocycles. The topological polar surface area (TPSA) is 127 Å². The van der Waals surface area contributed by atoms with Crippen molar-refractivity contribution in [2.45, 2.75) is 70.0 Å². The zero-order valence-corrected chi connectivity index (χ0v) is 19.1. The fraction of sp³-hybridized carbons (Fsp3) is 0.850. The van der Waals surface area contributed by atoms with Crippen LogP contribution in [-0.2, 0) is 34.0 Å². The Labute approximate surface area is 188 Å². The maximum atomic E-state index is 13.6. The first-order valence-corrected chi connectivity index (χ1v) is 12.4. The Morgan fingerprint density at radius 3 is 2.27 bits per heavy atom. The number of rotatable bonds is 7. The van der Waals surface area contributed by atoms with Gasteiger partial charge >= 0.3 is 18.1 Å². The fourth-order valence-corrected chi connectivity index (χ4v) is 6.70. The summed E-state index contributed by atoms with van der Waals surface area (Å²) < 4.78 is 82.8. The molecule has 4 rings (SSSR count). The number of hydrogen-bond donors (Lipinski definition) is 1. The van der Waals surface area contributed by atoms with Crippen LogP contribution in [0.3, 0.4) is 0 Å². The molecule has 1 N–H and O–H groups in total. The number of carbonyl (C=O) groups is 3. The Morgan fingerprint density at radius 2 is 1.79 bits per heavy atom. The fourth-order valence-electron chi connectivity index (χ4n) is 5.78. The molecule has 0 radical (unpaired) electrons. The van der Waals surface area contributed by atoms with Gasteiger partial charge < -0.3 is 14.4 Å². The summed E-state index contributed by atoms with van der Waals surface area (Å²) in [6.07, 6.45) is -4.52. The van der Waals surface area contributed by atoms with Crippen LogP contribution in [0.15, 0.2) is 0 Å². The molecule has 0 aromatic rings. The summed E-state index contributed by atoms with van der Waals surface area (Å²) in [7, 11) is -5.16. The van der Waals surface area contributed by atoms with E-state index in [1.165, 1.54) is 4.90 Å². The third-order valence-corrected chi connectivity index (χ3v) is 8.20. The lowest BCUT2D eigenvalue weighted by Crippen LogP contribution is -2.54. The summed E-state index contributed by atoms with van der Waals surface area (Å²) >= 11 is 0. The van der Waals surface area contributed by atoms with Gasteiger partial charge in [0.05, 0.1) is 23.8 Å². The van der Waals surface area contributed by atoms with Crippen LogP contribution in [-0.4, -0.2) is 71.4 Å². The van der Waals surface area contributed by atoms with Crippen LogP contribution in [0.4, 0.5) is 13.2 Å². The van der Waals surface area contributed by atoms with Gasteiger partial charge in [-0.1, -0.05) is 0 Å². The monoisotopic (exact) mass is 497 g/mol. The smallest absolute Gasteiger partial charge is 0.429 e. The summed E-state index contributed by atoms with van der Waals surface area (Å²) in [5.41, 5.74) is -3.52. The van der Waals surface area contributed by atoms with Gasteiger partial charge in [0.25, 0.3) is 10.1 Å². The maximum Gasteiger partial charge on any atom is 0.429 e. The summed E-state index contributed by atoms with van der Waals surface area (Å²) in [5.74, 6) is -7.76. The Balaban J connectivity index is 1.65. The number of halogens is 3. The van der Waals surface area contributed by atoms with Gasteiger partial charge in [-0.15, -0.1) is 0 Å². The van der Waals surface area contributed by atoms with Crippen LogP contribution in [0, 0.1) is 29.6 Å². The number of nitrogens with zero attached hydrogens (tertiary/aromatic N) is 1. The van der Waals surface area contributed by atoms with Gasteiger partial charge in [-0.2, -0.15) is 21.6 Å². The normalized spacial score (nSPS) is 35.2. The van der Waals surface area contributed by atoms with Gasteiger partial charge in [-0.05, 0) is 46.0 Å². The maximum absolute atomic E-state index is 13.6. The second-order valence-corrected chi connectivity index (χ2v) is 11.4. The van der Waals surface area contributed by atoms with Crippen LogP contribution in [0.1, 0.15) is 40.0 Å². The van der Waals surface area contributed by atoms with E-state index in [0.29, 0.717) is 26.2 Å². The molecule has 9 nitrogen and oxygen atoms in total. The van der Waals surface area contributed by atoms with Crippen LogP contribution in [0.5, 0.6) is 0 Å². The van der Waals surface area contributed by atoms with Crippen LogP contribution < -0.4 is 0 Å². The molecule has 1 aliphatic heterocycles. The summed E-state index contributed by atoms with van der Waals surface area (Å²) in [6.45, 7) is 3.88. The van der Waals surface area contributed by atoms with Crippen molar-refractivity contribution >= 4 is 28.0 Å². The van der Waals surface area contributed by atoms with E-state index in [2.05, 4.69) is 0 Å². The van der Waals surface area contributed by atoms with Crippen molar-refractivity contribution in [1.82, 2.24) is 4.90 Å². The van der Waals surface area contributed by atoms with Crippen molar-refractivity contribution in [3.63, 3.8) is 0 Å². The summed E-state index contributed by atoms with van der Waals surface area (Å²) in [6, 6.07) is -0.753. The number of likely N-dealkylation sites (tertiary alicyclic amines) is 1. The first-order chi connectivity index (χ1) is 15.1. The zero-order valence-electron chi connectivity index (χ0n) is 18.2. The predicted molar refractivity (Wildman–Crippen MR) is 104 cm³/mol. The van der Waals surface area contributed by atoms with Crippen LogP contribution >= 0.6 is 0 Å². The van der Waals surface area contributed by atoms with Gasteiger partial charge in [-0.25, -0.2) is 0 Å². The highest BCUT2D eigenvalue weighted by molar-refractivity contribution is 7.85. The lowest BCUT2D eigenvalue weighted by molar-refractivity contribution is -0.259. The average Bonchev–Trinajstić information content (AvgIpc) is 3.28. The van der Waals surface area contributed by atoms with Gasteiger partial charge in [0.1, 0.15) is 11.9 Å². The third-order valence-electron chi connectivity index (χ3n) is 7.29. The van der Waals surface area contributed by atoms with E-state index in [1.807, 2.05) is 0 Å². The molecule has 33 heavy (non-hydrogen) atoms. The first kappa shape index (κ1) is 24.2. The average molecular weight is 497 g/mol. The number of fused-ring (bicyclic) bond motifs is 1. The second-order valence-electron chi connectivity index (χ2n) is 10.00. The van der Waals surface area contributed by atoms with E-state index >= 15 is 0 Å². The predicted octanol–water partition coefficient (Wildman–Crippen LogP) is 1.56. The van der Waals surface area contributed by atoms with Crippen molar-refractivity contribution in [2.75, 3.05) is 5.75 Å². The second kappa shape index (κ2) is 7.56. The molecule has 0 spiro atoms. The molecule has 4 aliphatic rings. The van der Waals surface area contributed by atoms with E-state index in [4.69, 9.17) is 14.0 Å². The molecule has 3 aliphatic carbocycles. The van der Waals surface area contributed by atoms with Crippen molar-refractivity contribution in [3.8, 4) is 0 Å². The van der Waals surface area contributed by atoms with E-state index in [9.17, 15) is 36.0 Å². The quantitative estimate of drug-likeness (QED) is 0.415. The lowest BCUT2D eigenvalue weighted by Gasteiger charge is -2.37. The van der Waals surface area contributed by atoms with Crippen molar-refractivity contribution in [3.05, 3.63) is 0 Å². The molecule has 7 atom stereocenters. The molecule has 13 heteroatoms. The van der Waals surface area contributed by atoms with E-state index < -0.39 is 81.3 Å². The van der Waals surface area contributed by atoms with Crippen molar-refractivity contribution in [1.29, 1.82) is 0 Å². The molecule has 7 unspecified atom stereocenters. The molecule has 4 fully saturated rings. The molecule has 2 bridgehead atoms. The highest BCUT2D eigenvalue weighted by atomic mass is 32.2. The standard InChI is InChI=1S/C20H26F3NO8S/c1-8(2)24-14-10-6-11(15(14)31-17(26)9-4-5-9)13(12(10)16(24)25)18(27)32-19(3,20(21,22)23)7-33(28,29)30/h8-15H,4-7H2,1-3H3,(H,28,29,30). The van der Waals surface area contributed by atoms with Gasteiger partial charge in [-0.3, -0.25) is 18.9 Å². The third kappa shape index (κ3) is 4.00. The number of hydrogen-bond acceptors (Lipinski definition) is 7. The minimum absolute atomic E-state index is 0.252. The molecule has 1 saturated heterocycles. The molecule has 0 aromatic carbocycles. The van der Waals surface area contributed by atoms with Crippen molar-refractivity contribution in [2.24, 2.45) is 29.6 Å². The van der Waals surface area contributed by atoms with Crippen LogP contribution in [0.25, 0.3) is 0 Å². The minimum atomic E-state index is -5.31. The molecular weight excluding hydrogens is 471 g/mol. The first-order valence-electron chi connectivity index (χ1n) is 10.8. The Kier molecular flexibility index (Phi) is 5.55. The minimum Gasteiger partial charge on any atom is -0.460 e. The number of ether oxygens (including phenoxy) is 2. The molecule has 0 aromatic heterocycles. The van der Waals surface area contributed by atoms with Gasteiger partial charge in [0.2, 0.25) is 11.5 Å². The largest absolute Gasteiger partial charge is 0.460 e. The number of esters is 2. The number of carbonyl (C=O) groups excluding carboxylic acids is 3. The Bertz CT molecular complexity index is 978. The van der Waals surface area contributed by atoms with Gasteiger partial charge in [0, 0.05) is 12.0 Å². The summed E-state index contributed by atoms with van der Waals surface area (Å²) in [4.78, 5) is 40.1. The molecule has 1 amide bonds. The van der Waals surface area contributed by atoms with Crippen LogP contribution in [0.2, 0.25) is 0 Å². The Hall–Kier alpha value is -1.89. The number of alkyl halides is 3. The van der Waals surface area contributed by atoms with E-state index in [0.717, 1.165) is 0 Å². The highest BCUT2D eigenvalue weighted by Gasteiger charge is 2.72. The molecular formula is C20H26F3NO8S. The molecule has 186 valence electrons. The van der Waals surface area contributed by atoms with E-state index in [1.54, 1.807) is 13.8 Å². The Morgan fingerprint density at radius 1 is 1.18 bits per heavy atom. The molecule has 3 saturated carbocycles. The van der Waals surface area contributed by atoms with Gasteiger partial charge in [0.15, 0.2) is 0 Å². The number of amides is 1. The zero-order chi connectivity index (χ0) is 24.7. The SMILES string of the molecule is CC(C)N1C(=O)C2C3CC(C(OC(=O)C4CC4)C31)C2C(=O)OC(C)(CS(=O)(=O)O)C(F)(F)F. The lowest BCUT2D eigenvalue weighted by atomic mass is 9.78.